The number of allylic oxidation sites excluding steroid dienone is 5. The molecular formula is C20H30O6. The van der Waals surface area contributed by atoms with Gasteiger partial charge >= 0.3 is 11.9 Å². The molecule has 0 saturated carbocycles. The van der Waals surface area contributed by atoms with E-state index in [9.17, 15) is 19.8 Å². The van der Waals surface area contributed by atoms with Crippen molar-refractivity contribution >= 4 is 11.9 Å². The van der Waals surface area contributed by atoms with Gasteiger partial charge in [0.25, 0.3) is 0 Å². The average molecular weight is 366 g/mol. The van der Waals surface area contributed by atoms with Gasteiger partial charge in [0.05, 0.1) is 12.2 Å². The Kier molecular flexibility index (Phi) is 14.9. The van der Waals surface area contributed by atoms with Crippen molar-refractivity contribution in [1.82, 2.24) is 0 Å². The Hall–Kier alpha value is -2.18. The standard InChI is InChI=1S/C20H30O6/c21-17(11-6-2-1-3-9-15-19(23)24)12-7-4-5-8-13-18(22)14-10-16-20(25)26/h2,4-8,12-13,17-18,21-22H,1,3,9-11,14-16H2,(H,23,24)(H,25,26)/b5-4+,6-2+,12-7+,13-8+/t17-,18-/m1/s1. The van der Waals surface area contributed by atoms with Gasteiger partial charge in [-0.3, -0.25) is 9.59 Å². The Morgan fingerprint density at radius 1 is 0.731 bits per heavy atom. The quantitative estimate of drug-likeness (QED) is 0.201. The lowest BCUT2D eigenvalue weighted by Crippen LogP contribution is -2.03. The summed E-state index contributed by atoms with van der Waals surface area (Å²) in [6.07, 6.45) is 16.6. The molecular weight excluding hydrogens is 336 g/mol. The third kappa shape index (κ3) is 18.2. The fourth-order valence-corrected chi connectivity index (χ4v) is 2.04. The average Bonchev–Trinajstić information content (AvgIpc) is 2.56. The largest absolute Gasteiger partial charge is 0.481 e. The Morgan fingerprint density at radius 3 is 1.92 bits per heavy atom. The second-order valence-corrected chi connectivity index (χ2v) is 5.92. The minimum Gasteiger partial charge on any atom is -0.481 e. The molecule has 0 bridgehead atoms. The van der Waals surface area contributed by atoms with Crippen LogP contribution in [0.2, 0.25) is 0 Å². The van der Waals surface area contributed by atoms with E-state index in [1.54, 1.807) is 36.5 Å². The van der Waals surface area contributed by atoms with Crippen LogP contribution in [-0.4, -0.2) is 44.6 Å². The fourth-order valence-electron chi connectivity index (χ4n) is 2.04. The summed E-state index contributed by atoms with van der Waals surface area (Å²) in [7, 11) is 0. The summed E-state index contributed by atoms with van der Waals surface area (Å²) in [5.41, 5.74) is 0. The fraction of sp³-hybridized carbons (Fsp3) is 0.500. The lowest BCUT2D eigenvalue weighted by atomic mass is 10.1. The normalized spacial score (nSPS) is 14.7. The maximum absolute atomic E-state index is 10.4. The smallest absolute Gasteiger partial charge is 0.303 e. The van der Waals surface area contributed by atoms with E-state index in [0.29, 0.717) is 25.7 Å². The van der Waals surface area contributed by atoms with E-state index in [1.807, 2.05) is 12.2 Å². The van der Waals surface area contributed by atoms with E-state index >= 15 is 0 Å². The number of hydrogen-bond acceptors (Lipinski definition) is 4. The number of carboxylic acids is 2. The maximum atomic E-state index is 10.4. The predicted molar refractivity (Wildman–Crippen MR) is 101 cm³/mol. The molecule has 0 spiro atoms. The van der Waals surface area contributed by atoms with Crippen LogP contribution in [0.15, 0.2) is 48.6 Å². The van der Waals surface area contributed by atoms with Crippen molar-refractivity contribution in [3.63, 3.8) is 0 Å². The van der Waals surface area contributed by atoms with Crippen LogP contribution in [0, 0.1) is 0 Å². The van der Waals surface area contributed by atoms with Crippen LogP contribution in [0.4, 0.5) is 0 Å². The van der Waals surface area contributed by atoms with Crippen molar-refractivity contribution in [2.24, 2.45) is 0 Å². The zero-order valence-electron chi connectivity index (χ0n) is 15.0. The zero-order valence-corrected chi connectivity index (χ0v) is 15.0. The summed E-state index contributed by atoms with van der Waals surface area (Å²) in [5, 5.41) is 36.4. The van der Waals surface area contributed by atoms with Crippen molar-refractivity contribution in [3.05, 3.63) is 48.6 Å². The van der Waals surface area contributed by atoms with E-state index < -0.39 is 24.1 Å². The van der Waals surface area contributed by atoms with Crippen LogP contribution in [0.3, 0.4) is 0 Å². The number of carbonyl (C=O) groups is 2. The molecule has 0 fully saturated rings. The third-order valence-corrected chi connectivity index (χ3v) is 3.45. The number of aliphatic hydroxyl groups excluding tert-OH is 2. The topological polar surface area (TPSA) is 115 Å². The van der Waals surface area contributed by atoms with Crippen molar-refractivity contribution in [3.8, 4) is 0 Å². The van der Waals surface area contributed by atoms with Crippen molar-refractivity contribution in [2.45, 2.75) is 63.6 Å². The predicted octanol–water partition coefficient (Wildman–Crippen LogP) is 3.22. The second kappa shape index (κ2) is 16.3. The minimum absolute atomic E-state index is 0.0537. The SMILES string of the molecule is O=C(O)CCCC/C=C/C[C@@H](O)/C=C/C=C/C=C/[C@@H](O)CCCC(=O)O. The van der Waals surface area contributed by atoms with E-state index in [4.69, 9.17) is 10.2 Å². The third-order valence-electron chi connectivity index (χ3n) is 3.45. The molecule has 26 heavy (non-hydrogen) atoms. The molecule has 0 heterocycles. The number of aliphatic carboxylic acids is 2. The lowest BCUT2D eigenvalue weighted by molar-refractivity contribution is -0.138. The number of unbranched alkanes of at least 4 members (excludes halogenated alkanes) is 2. The highest BCUT2D eigenvalue weighted by atomic mass is 16.4. The van der Waals surface area contributed by atoms with Gasteiger partial charge in [-0.15, -0.1) is 0 Å². The van der Waals surface area contributed by atoms with Crippen molar-refractivity contribution < 1.29 is 30.0 Å². The molecule has 0 rings (SSSR count). The van der Waals surface area contributed by atoms with Crippen LogP contribution in [0.1, 0.15) is 51.4 Å². The highest BCUT2D eigenvalue weighted by Crippen LogP contribution is 2.04. The van der Waals surface area contributed by atoms with Gasteiger partial charge in [-0.05, 0) is 38.5 Å². The first-order valence-electron chi connectivity index (χ1n) is 8.88. The van der Waals surface area contributed by atoms with Gasteiger partial charge in [0, 0.05) is 12.8 Å². The first kappa shape index (κ1) is 23.8. The molecule has 0 saturated heterocycles. The van der Waals surface area contributed by atoms with E-state index in [1.165, 1.54) is 0 Å². The Bertz CT molecular complexity index is 504. The van der Waals surface area contributed by atoms with Gasteiger partial charge in [0.15, 0.2) is 0 Å². The number of aliphatic hydroxyl groups is 2. The Balaban J connectivity index is 3.80. The second-order valence-electron chi connectivity index (χ2n) is 5.92. The maximum Gasteiger partial charge on any atom is 0.303 e. The van der Waals surface area contributed by atoms with Gasteiger partial charge in [-0.25, -0.2) is 0 Å². The molecule has 0 aliphatic rings. The van der Waals surface area contributed by atoms with Crippen LogP contribution in [0.25, 0.3) is 0 Å². The molecule has 0 aliphatic heterocycles. The van der Waals surface area contributed by atoms with Gasteiger partial charge in [0.2, 0.25) is 0 Å². The number of hydrogen-bond donors (Lipinski definition) is 4. The van der Waals surface area contributed by atoms with Crippen LogP contribution in [-0.2, 0) is 9.59 Å². The molecule has 0 aliphatic carbocycles. The van der Waals surface area contributed by atoms with Crippen LogP contribution >= 0.6 is 0 Å². The molecule has 2 atom stereocenters. The van der Waals surface area contributed by atoms with E-state index in [-0.39, 0.29) is 12.8 Å². The molecule has 0 unspecified atom stereocenters. The van der Waals surface area contributed by atoms with Crippen molar-refractivity contribution in [2.75, 3.05) is 0 Å². The molecule has 0 aromatic carbocycles. The molecule has 0 aromatic rings. The monoisotopic (exact) mass is 366 g/mol. The van der Waals surface area contributed by atoms with E-state index in [2.05, 4.69) is 0 Å². The lowest BCUT2D eigenvalue weighted by Gasteiger charge is -2.02. The molecule has 146 valence electrons. The van der Waals surface area contributed by atoms with Crippen LogP contribution < -0.4 is 0 Å². The summed E-state index contributed by atoms with van der Waals surface area (Å²) >= 11 is 0. The molecule has 0 radical (unpaired) electrons. The first-order chi connectivity index (χ1) is 12.4. The van der Waals surface area contributed by atoms with Crippen LogP contribution in [0.5, 0.6) is 0 Å². The molecule has 6 nitrogen and oxygen atoms in total. The van der Waals surface area contributed by atoms with Gasteiger partial charge in [-0.2, -0.15) is 0 Å². The molecule has 4 N–H and O–H groups in total. The summed E-state index contributed by atoms with van der Waals surface area (Å²) in [6, 6.07) is 0. The first-order valence-corrected chi connectivity index (χ1v) is 8.88. The van der Waals surface area contributed by atoms with Gasteiger partial charge in [-0.1, -0.05) is 48.6 Å². The summed E-state index contributed by atoms with van der Waals surface area (Å²) in [5.74, 6) is -1.64. The van der Waals surface area contributed by atoms with Crippen molar-refractivity contribution in [1.29, 1.82) is 0 Å². The highest BCUT2D eigenvalue weighted by molar-refractivity contribution is 5.66. The summed E-state index contributed by atoms with van der Waals surface area (Å²) in [4.78, 5) is 20.7. The van der Waals surface area contributed by atoms with Gasteiger partial charge in [0.1, 0.15) is 0 Å². The molecule has 6 heteroatoms. The van der Waals surface area contributed by atoms with Gasteiger partial charge < -0.3 is 20.4 Å². The Labute approximate surface area is 154 Å². The number of rotatable bonds is 15. The minimum atomic E-state index is -0.863. The summed E-state index contributed by atoms with van der Waals surface area (Å²) < 4.78 is 0. The molecule has 0 amide bonds. The highest BCUT2D eigenvalue weighted by Gasteiger charge is 2.01. The Morgan fingerprint density at radius 2 is 1.31 bits per heavy atom. The van der Waals surface area contributed by atoms with E-state index in [0.717, 1.165) is 12.8 Å². The number of carboxylic acid groups (broad SMARTS) is 2. The molecule has 0 aromatic heterocycles. The zero-order chi connectivity index (χ0) is 19.6. The summed E-state index contributed by atoms with van der Waals surface area (Å²) in [6.45, 7) is 0.